The zero-order chi connectivity index (χ0) is 20.4. The van der Waals surface area contributed by atoms with Gasteiger partial charge in [-0.15, -0.1) is 11.3 Å². The largest absolute Gasteiger partial charge is 0.347 e. The first-order valence-corrected chi connectivity index (χ1v) is 10.0. The third-order valence-corrected chi connectivity index (χ3v) is 6.01. The van der Waals surface area contributed by atoms with Gasteiger partial charge in [-0.1, -0.05) is 18.2 Å². The first kappa shape index (κ1) is 19.3. The summed E-state index contributed by atoms with van der Waals surface area (Å²) in [6.45, 7) is 1.10. The van der Waals surface area contributed by atoms with Gasteiger partial charge < -0.3 is 10.2 Å². The summed E-state index contributed by atoms with van der Waals surface area (Å²) in [5.74, 6) is -1.68. The molecule has 0 fully saturated rings. The predicted molar refractivity (Wildman–Crippen MR) is 107 cm³/mol. The van der Waals surface area contributed by atoms with E-state index in [-0.39, 0.29) is 18.4 Å². The second-order valence-electron chi connectivity index (χ2n) is 6.86. The second kappa shape index (κ2) is 8.13. The first-order chi connectivity index (χ1) is 14.0. The van der Waals surface area contributed by atoms with Crippen LogP contribution in [0.15, 0.2) is 54.6 Å². The maximum atomic E-state index is 13.3. The molecule has 1 aliphatic rings. The SMILES string of the molecule is O=C(NCc1cc(F)cc(F)c1)c1cc2c(s1)CCN(C(=O)c1ccccc1)C2. The fourth-order valence-electron chi connectivity index (χ4n) is 3.36. The number of amides is 2. The summed E-state index contributed by atoms with van der Waals surface area (Å²) >= 11 is 1.40. The summed E-state index contributed by atoms with van der Waals surface area (Å²) in [6, 6.07) is 14.1. The van der Waals surface area contributed by atoms with Gasteiger partial charge in [-0.3, -0.25) is 9.59 Å². The van der Waals surface area contributed by atoms with Crippen molar-refractivity contribution in [3.8, 4) is 0 Å². The standard InChI is InChI=1S/C22H18F2N2O2S/c23-17-8-14(9-18(24)11-17)12-25-21(27)20-10-16-13-26(7-6-19(16)29-20)22(28)15-4-2-1-3-5-15/h1-5,8-11H,6-7,12-13H2,(H,25,27). The van der Waals surface area contributed by atoms with E-state index in [1.165, 1.54) is 23.5 Å². The van der Waals surface area contributed by atoms with E-state index in [1.807, 2.05) is 18.2 Å². The third kappa shape index (κ3) is 4.35. The molecular formula is C22H18F2N2O2S. The van der Waals surface area contributed by atoms with Crippen LogP contribution in [0.2, 0.25) is 0 Å². The van der Waals surface area contributed by atoms with Crippen molar-refractivity contribution in [2.45, 2.75) is 19.5 Å². The summed E-state index contributed by atoms with van der Waals surface area (Å²) in [5, 5.41) is 2.70. The first-order valence-electron chi connectivity index (χ1n) is 9.18. The molecule has 4 rings (SSSR count). The van der Waals surface area contributed by atoms with Crippen LogP contribution in [-0.4, -0.2) is 23.3 Å². The van der Waals surface area contributed by atoms with Crippen molar-refractivity contribution >= 4 is 23.2 Å². The lowest BCUT2D eigenvalue weighted by Gasteiger charge is -2.27. The van der Waals surface area contributed by atoms with E-state index < -0.39 is 11.6 Å². The molecule has 0 spiro atoms. The molecule has 0 bridgehead atoms. The minimum absolute atomic E-state index is 0.0263. The predicted octanol–water partition coefficient (Wildman–Crippen LogP) is 4.15. The number of carbonyl (C=O) groups excluding carboxylic acids is 2. The Balaban J connectivity index is 1.42. The normalized spacial score (nSPS) is 13.1. The molecule has 2 amide bonds. The van der Waals surface area contributed by atoms with Gasteiger partial charge in [0.2, 0.25) is 0 Å². The summed E-state index contributed by atoms with van der Waals surface area (Å²) < 4.78 is 26.5. The Morgan fingerprint density at radius 2 is 1.76 bits per heavy atom. The minimum atomic E-state index is -0.677. The van der Waals surface area contributed by atoms with Crippen molar-refractivity contribution in [3.05, 3.63) is 92.7 Å². The Bertz CT molecular complexity index is 1050. The van der Waals surface area contributed by atoms with Crippen molar-refractivity contribution in [1.29, 1.82) is 0 Å². The maximum Gasteiger partial charge on any atom is 0.261 e. The lowest BCUT2D eigenvalue weighted by atomic mass is 10.1. The van der Waals surface area contributed by atoms with Gasteiger partial charge in [0.05, 0.1) is 4.88 Å². The smallest absolute Gasteiger partial charge is 0.261 e. The number of carbonyl (C=O) groups is 2. The summed E-state index contributed by atoms with van der Waals surface area (Å²) in [4.78, 5) is 28.5. The molecule has 2 aromatic carbocycles. The van der Waals surface area contributed by atoms with Gasteiger partial charge in [-0.05, 0) is 47.9 Å². The molecule has 0 atom stereocenters. The minimum Gasteiger partial charge on any atom is -0.347 e. The highest BCUT2D eigenvalue weighted by molar-refractivity contribution is 7.14. The van der Waals surface area contributed by atoms with E-state index in [0.717, 1.165) is 16.5 Å². The van der Waals surface area contributed by atoms with E-state index >= 15 is 0 Å². The van der Waals surface area contributed by atoms with Crippen LogP contribution >= 0.6 is 11.3 Å². The lowest BCUT2D eigenvalue weighted by molar-refractivity contribution is 0.0736. The van der Waals surface area contributed by atoms with Gasteiger partial charge >= 0.3 is 0 Å². The van der Waals surface area contributed by atoms with Gasteiger partial charge in [0.15, 0.2) is 0 Å². The molecular weight excluding hydrogens is 394 g/mol. The Hall–Kier alpha value is -3.06. The number of nitrogens with one attached hydrogen (secondary N) is 1. The second-order valence-corrected chi connectivity index (χ2v) is 8.00. The monoisotopic (exact) mass is 412 g/mol. The number of halogens is 2. The number of rotatable bonds is 4. The molecule has 29 heavy (non-hydrogen) atoms. The van der Waals surface area contributed by atoms with E-state index in [4.69, 9.17) is 0 Å². The van der Waals surface area contributed by atoms with Crippen LogP contribution < -0.4 is 5.32 Å². The van der Waals surface area contributed by atoms with Crippen molar-refractivity contribution < 1.29 is 18.4 Å². The number of fused-ring (bicyclic) bond motifs is 1. The molecule has 7 heteroatoms. The van der Waals surface area contributed by atoms with Crippen molar-refractivity contribution in [2.24, 2.45) is 0 Å². The summed E-state index contributed by atoms with van der Waals surface area (Å²) in [7, 11) is 0. The number of hydrogen-bond donors (Lipinski definition) is 1. The molecule has 0 aliphatic carbocycles. The van der Waals surface area contributed by atoms with Crippen molar-refractivity contribution in [3.63, 3.8) is 0 Å². The quantitative estimate of drug-likeness (QED) is 0.700. The van der Waals surface area contributed by atoms with Crippen LogP contribution in [-0.2, 0) is 19.5 Å². The molecule has 0 unspecified atom stereocenters. The zero-order valence-corrected chi connectivity index (χ0v) is 16.3. The van der Waals surface area contributed by atoms with Crippen molar-refractivity contribution in [1.82, 2.24) is 10.2 Å². The molecule has 0 saturated carbocycles. The van der Waals surface area contributed by atoms with Crippen molar-refractivity contribution in [2.75, 3.05) is 6.54 Å². The highest BCUT2D eigenvalue weighted by Crippen LogP contribution is 2.29. The molecule has 3 aromatic rings. The molecule has 4 nitrogen and oxygen atoms in total. The zero-order valence-electron chi connectivity index (χ0n) is 15.5. The Morgan fingerprint density at radius 1 is 1.03 bits per heavy atom. The fourth-order valence-corrected chi connectivity index (χ4v) is 4.44. The average molecular weight is 412 g/mol. The molecule has 1 N–H and O–H groups in total. The van der Waals surface area contributed by atoms with E-state index in [1.54, 1.807) is 23.1 Å². The lowest BCUT2D eigenvalue weighted by Crippen LogP contribution is -2.35. The third-order valence-electron chi connectivity index (χ3n) is 4.77. The summed E-state index contributed by atoms with van der Waals surface area (Å²) in [5.41, 5.74) is 1.97. The highest BCUT2D eigenvalue weighted by atomic mass is 32.1. The number of nitrogens with zero attached hydrogens (tertiary/aromatic N) is 1. The highest BCUT2D eigenvalue weighted by Gasteiger charge is 2.25. The molecule has 1 aromatic heterocycles. The van der Waals surface area contributed by atoms with Crippen LogP contribution in [0.25, 0.3) is 0 Å². The average Bonchev–Trinajstić information content (AvgIpc) is 3.15. The van der Waals surface area contributed by atoms with Crippen LogP contribution in [0, 0.1) is 11.6 Å². The van der Waals surface area contributed by atoms with E-state index in [0.29, 0.717) is 35.5 Å². The molecule has 0 radical (unpaired) electrons. The van der Waals surface area contributed by atoms with Gasteiger partial charge in [0, 0.05) is 36.1 Å². The maximum absolute atomic E-state index is 13.3. The fraction of sp³-hybridized carbons (Fsp3) is 0.182. The molecule has 1 aliphatic heterocycles. The van der Waals surface area contributed by atoms with Crippen LogP contribution in [0.1, 0.15) is 36.0 Å². The number of hydrogen-bond acceptors (Lipinski definition) is 3. The Morgan fingerprint density at radius 3 is 2.48 bits per heavy atom. The van der Waals surface area contributed by atoms with E-state index in [2.05, 4.69) is 5.32 Å². The van der Waals surface area contributed by atoms with Gasteiger partial charge in [0.25, 0.3) is 11.8 Å². The van der Waals surface area contributed by atoms with Crippen LogP contribution in [0.4, 0.5) is 8.78 Å². The van der Waals surface area contributed by atoms with Gasteiger partial charge in [-0.25, -0.2) is 8.78 Å². The van der Waals surface area contributed by atoms with Crippen LogP contribution in [0.3, 0.4) is 0 Å². The molecule has 0 saturated heterocycles. The molecule has 148 valence electrons. The van der Waals surface area contributed by atoms with Gasteiger partial charge in [-0.2, -0.15) is 0 Å². The number of thiophene rings is 1. The van der Waals surface area contributed by atoms with Crippen LogP contribution in [0.5, 0.6) is 0 Å². The Kier molecular flexibility index (Phi) is 5.40. The van der Waals surface area contributed by atoms with Gasteiger partial charge in [0.1, 0.15) is 11.6 Å². The molecule has 2 heterocycles. The Labute approximate surface area is 170 Å². The summed E-state index contributed by atoms with van der Waals surface area (Å²) in [6.07, 6.45) is 0.695. The number of benzene rings is 2. The van der Waals surface area contributed by atoms with E-state index in [9.17, 15) is 18.4 Å². The topological polar surface area (TPSA) is 49.4 Å².